The molecule has 0 bridgehead atoms. The zero-order valence-corrected chi connectivity index (χ0v) is 10.5. The number of hydrogen-bond donors (Lipinski definition) is 1. The van der Waals surface area contributed by atoms with Crippen molar-refractivity contribution >= 4 is 5.97 Å². The van der Waals surface area contributed by atoms with Crippen molar-refractivity contribution < 1.29 is 18.7 Å². The van der Waals surface area contributed by atoms with Gasteiger partial charge in [0, 0.05) is 11.5 Å². The maximum Gasteiger partial charge on any atom is 0.314 e. The molecule has 2 saturated carbocycles. The Kier molecular flexibility index (Phi) is 2.66. The molecule has 3 rings (SSSR count). The van der Waals surface area contributed by atoms with Gasteiger partial charge in [0.2, 0.25) is 0 Å². The summed E-state index contributed by atoms with van der Waals surface area (Å²) in [4.78, 5) is 11.4. The first kappa shape index (κ1) is 12.6. The van der Waals surface area contributed by atoms with Gasteiger partial charge in [0.25, 0.3) is 5.92 Å². The molecule has 2 aliphatic carbocycles. The van der Waals surface area contributed by atoms with E-state index in [1.165, 1.54) is 12.1 Å². The summed E-state index contributed by atoms with van der Waals surface area (Å²) in [7, 11) is 0. The first-order valence-corrected chi connectivity index (χ1v) is 6.69. The van der Waals surface area contributed by atoms with Crippen molar-refractivity contribution in [2.45, 2.75) is 43.4 Å². The number of carbonyl (C=O) groups is 1. The van der Waals surface area contributed by atoms with Crippen LogP contribution in [0.2, 0.25) is 0 Å². The second-order valence-corrected chi connectivity index (χ2v) is 5.72. The molecule has 1 aromatic rings. The molecule has 0 saturated heterocycles. The molecular formula is C15H16F2O2. The lowest BCUT2D eigenvalue weighted by molar-refractivity contribution is -0.147. The van der Waals surface area contributed by atoms with E-state index in [9.17, 15) is 18.7 Å². The smallest absolute Gasteiger partial charge is 0.314 e. The molecule has 0 spiro atoms. The molecule has 2 fully saturated rings. The number of carboxylic acid groups (broad SMARTS) is 1. The molecule has 19 heavy (non-hydrogen) atoms. The van der Waals surface area contributed by atoms with Gasteiger partial charge in [-0.3, -0.25) is 4.79 Å². The van der Waals surface area contributed by atoms with Crippen LogP contribution in [0.5, 0.6) is 0 Å². The first-order valence-electron chi connectivity index (χ1n) is 6.69. The van der Waals surface area contributed by atoms with Crippen LogP contribution in [-0.4, -0.2) is 11.1 Å². The van der Waals surface area contributed by atoms with Crippen LogP contribution in [0, 0.1) is 5.92 Å². The molecule has 102 valence electrons. The molecule has 0 unspecified atom stereocenters. The Bertz CT molecular complexity index is 499. The predicted octanol–water partition coefficient (Wildman–Crippen LogP) is 3.69. The van der Waals surface area contributed by atoms with Crippen LogP contribution in [0.25, 0.3) is 0 Å². The molecule has 4 heteroatoms. The molecule has 2 aliphatic rings. The molecule has 0 heterocycles. The number of alkyl halides is 2. The van der Waals surface area contributed by atoms with Crippen LogP contribution in [0.1, 0.15) is 43.2 Å². The maximum atomic E-state index is 13.9. The van der Waals surface area contributed by atoms with E-state index < -0.39 is 23.2 Å². The standard InChI is InChI=1S/C15H16F2O2/c16-15(17,12-6-7-12)11-4-2-10(3-5-11)14(13(18)19)8-1-9-14/h2-5,12H,1,6-9H2,(H,18,19). The van der Waals surface area contributed by atoms with Gasteiger partial charge in [0.05, 0.1) is 5.41 Å². The van der Waals surface area contributed by atoms with Gasteiger partial charge in [-0.1, -0.05) is 30.7 Å². The number of rotatable bonds is 4. The number of hydrogen-bond acceptors (Lipinski definition) is 1. The van der Waals surface area contributed by atoms with Crippen LogP contribution in [-0.2, 0) is 16.1 Å². The fourth-order valence-corrected chi connectivity index (χ4v) is 2.85. The van der Waals surface area contributed by atoms with Gasteiger partial charge in [-0.25, -0.2) is 8.78 Å². The highest BCUT2D eigenvalue weighted by Crippen LogP contribution is 2.50. The predicted molar refractivity (Wildman–Crippen MR) is 66.2 cm³/mol. The van der Waals surface area contributed by atoms with E-state index in [2.05, 4.69) is 0 Å². The van der Waals surface area contributed by atoms with Crippen molar-refractivity contribution in [3.8, 4) is 0 Å². The summed E-state index contributed by atoms with van der Waals surface area (Å²) in [5, 5.41) is 9.32. The van der Waals surface area contributed by atoms with E-state index in [0.29, 0.717) is 31.2 Å². The lowest BCUT2D eigenvalue weighted by atomic mass is 9.64. The lowest BCUT2D eigenvalue weighted by Gasteiger charge is -2.38. The average Bonchev–Trinajstić information content (AvgIpc) is 3.11. The van der Waals surface area contributed by atoms with E-state index in [4.69, 9.17) is 0 Å². The molecular weight excluding hydrogens is 250 g/mol. The van der Waals surface area contributed by atoms with Crippen molar-refractivity contribution in [1.82, 2.24) is 0 Å². The maximum absolute atomic E-state index is 13.9. The van der Waals surface area contributed by atoms with Gasteiger partial charge in [-0.15, -0.1) is 0 Å². The Labute approximate surface area is 110 Å². The molecule has 0 amide bonds. The highest BCUT2D eigenvalue weighted by atomic mass is 19.3. The van der Waals surface area contributed by atoms with Crippen LogP contribution in [0.4, 0.5) is 8.78 Å². The third kappa shape index (κ3) is 1.85. The van der Waals surface area contributed by atoms with E-state index in [1.54, 1.807) is 12.1 Å². The van der Waals surface area contributed by atoms with Crippen molar-refractivity contribution in [2.24, 2.45) is 5.92 Å². The molecule has 0 atom stereocenters. The van der Waals surface area contributed by atoms with Gasteiger partial charge in [-0.2, -0.15) is 0 Å². The normalized spacial score (nSPS) is 21.8. The zero-order valence-electron chi connectivity index (χ0n) is 10.5. The van der Waals surface area contributed by atoms with Crippen molar-refractivity contribution in [1.29, 1.82) is 0 Å². The topological polar surface area (TPSA) is 37.3 Å². The highest BCUT2D eigenvalue weighted by Gasteiger charge is 2.49. The monoisotopic (exact) mass is 266 g/mol. The Morgan fingerprint density at radius 2 is 1.79 bits per heavy atom. The third-order valence-corrected chi connectivity index (χ3v) is 4.53. The first-order chi connectivity index (χ1) is 8.97. The van der Waals surface area contributed by atoms with Gasteiger partial charge in [-0.05, 0) is 31.2 Å². The second-order valence-electron chi connectivity index (χ2n) is 5.72. The van der Waals surface area contributed by atoms with E-state index >= 15 is 0 Å². The molecule has 0 radical (unpaired) electrons. The summed E-state index contributed by atoms with van der Waals surface area (Å²) in [5.74, 6) is -4.15. The number of carboxylic acids is 1. The van der Waals surface area contributed by atoms with Crippen molar-refractivity contribution in [3.63, 3.8) is 0 Å². The molecule has 0 aromatic heterocycles. The summed E-state index contributed by atoms with van der Waals surface area (Å²) < 4.78 is 27.8. The summed E-state index contributed by atoms with van der Waals surface area (Å²) in [6.45, 7) is 0. The fourth-order valence-electron chi connectivity index (χ4n) is 2.85. The van der Waals surface area contributed by atoms with Crippen molar-refractivity contribution in [2.75, 3.05) is 0 Å². The van der Waals surface area contributed by atoms with Gasteiger partial charge < -0.3 is 5.11 Å². The molecule has 2 nitrogen and oxygen atoms in total. The van der Waals surface area contributed by atoms with E-state index in [0.717, 1.165) is 6.42 Å². The van der Waals surface area contributed by atoms with Crippen LogP contribution < -0.4 is 0 Å². The summed E-state index contributed by atoms with van der Waals surface area (Å²) in [6.07, 6.45) is 3.23. The number of halogens is 2. The summed E-state index contributed by atoms with van der Waals surface area (Å²) in [5.41, 5.74) is -0.173. The van der Waals surface area contributed by atoms with Gasteiger partial charge in [0.15, 0.2) is 0 Å². The SMILES string of the molecule is O=C(O)C1(c2ccc(C(F)(F)C3CC3)cc2)CCC1. The second kappa shape index (κ2) is 4.02. The Balaban J connectivity index is 1.88. The Morgan fingerprint density at radius 3 is 2.16 bits per heavy atom. The van der Waals surface area contributed by atoms with E-state index in [1.807, 2.05) is 0 Å². The minimum absolute atomic E-state index is 0.0126. The minimum atomic E-state index is -2.77. The zero-order chi connectivity index (χ0) is 13.7. The Morgan fingerprint density at radius 1 is 1.21 bits per heavy atom. The molecule has 1 aromatic carbocycles. The number of benzene rings is 1. The van der Waals surface area contributed by atoms with Gasteiger partial charge in [0.1, 0.15) is 0 Å². The largest absolute Gasteiger partial charge is 0.481 e. The fraction of sp³-hybridized carbons (Fsp3) is 0.533. The van der Waals surface area contributed by atoms with Crippen LogP contribution >= 0.6 is 0 Å². The minimum Gasteiger partial charge on any atom is -0.481 e. The highest BCUT2D eigenvalue weighted by molar-refractivity contribution is 5.82. The van der Waals surface area contributed by atoms with E-state index in [-0.39, 0.29) is 5.56 Å². The average molecular weight is 266 g/mol. The quantitative estimate of drug-likeness (QED) is 0.902. The van der Waals surface area contributed by atoms with Crippen LogP contribution in [0.3, 0.4) is 0 Å². The Hall–Kier alpha value is -1.45. The third-order valence-electron chi connectivity index (χ3n) is 4.53. The van der Waals surface area contributed by atoms with Crippen molar-refractivity contribution in [3.05, 3.63) is 35.4 Å². The van der Waals surface area contributed by atoms with Gasteiger partial charge >= 0.3 is 5.97 Å². The van der Waals surface area contributed by atoms with Crippen LogP contribution in [0.15, 0.2) is 24.3 Å². The number of aliphatic carboxylic acids is 1. The summed E-state index contributed by atoms with van der Waals surface area (Å²) in [6, 6.07) is 5.94. The summed E-state index contributed by atoms with van der Waals surface area (Å²) >= 11 is 0. The molecule has 1 N–H and O–H groups in total. The lowest BCUT2D eigenvalue weighted by Crippen LogP contribution is -2.42. The molecule has 0 aliphatic heterocycles.